The molecule has 0 aliphatic carbocycles. The van der Waals surface area contributed by atoms with Gasteiger partial charge in [-0.05, 0) is 38.1 Å². The minimum atomic E-state index is -1.02. The van der Waals surface area contributed by atoms with E-state index < -0.39 is 18.0 Å². The monoisotopic (exact) mass is 329 g/mol. The van der Waals surface area contributed by atoms with Crippen LogP contribution in [0.4, 0.5) is 5.69 Å². The summed E-state index contributed by atoms with van der Waals surface area (Å²) in [5.74, 6) is -1.44. The standard InChI is InChI=1S/C18H19NO5/c1-11-7-9-13(10-8-11)19-17(21)12(2)24-18(22)14-5-4-6-15(23-3)16(14)20/h4-10,12,20H,1-3H3,(H,19,21)/t12-/m1/s1. The van der Waals surface area contributed by atoms with Crippen molar-refractivity contribution < 1.29 is 24.2 Å². The van der Waals surface area contributed by atoms with Crippen molar-refractivity contribution in [2.45, 2.75) is 20.0 Å². The van der Waals surface area contributed by atoms with Gasteiger partial charge in [0.1, 0.15) is 5.56 Å². The first kappa shape index (κ1) is 17.3. The predicted molar refractivity (Wildman–Crippen MR) is 89.3 cm³/mol. The molecule has 2 N–H and O–H groups in total. The summed E-state index contributed by atoms with van der Waals surface area (Å²) in [4.78, 5) is 24.2. The Bertz CT molecular complexity index is 740. The minimum Gasteiger partial charge on any atom is -0.504 e. The Kier molecular flexibility index (Phi) is 5.42. The lowest BCUT2D eigenvalue weighted by molar-refractivity contribution is -0.123. The summed E-state index contributed by atoms with van der Waals surface area (Å²) in [6, 6.07) is 11.7. The van der Waals surface area contributed by atoms with E-state index in [1.165, 1.54) is 26.2 Å². The van der Waals surface area contributed by atoms with Crippen LogP contribution < -0.4 is 10.1 Å². The number of hydrogen-bond donors (Lipinski definition) is 2. The molecule has 0 spiro atoms. The van der Waals surface area contributed by atoms with Crippen LogP contribution in [0.25, 0.3) is 0 Å². The third kappa shape index (κ3) is 4.04. The summed E-state index contributed by atoms with van der Waals surface area (Å²) in [5, 5.41) is 12.6. The van der Waals surface area contributed by atoms with E-state index in [1.807, 2.05) is 19.1 Å². The lowest BCUT2D eigenvalue weighted by Gasteiger charge is -2.14. The van der Waals surface area contributed by atoms with Gasteiger partial charge in [0.2, 0.25) is 0 Å². The van der Waals surface area contributed by atoms with Crippen LogP contribution in [-0.2, 0) is 9.53 Å². The van der Waals surface area contributed by atoms with E-state index in [0.717, 1.165) is 5.56 Å². The van der Waals surface area contributed by atoms with E-state index in [2.05, 4.69) is 5.32 Å². The number of aromatic hydroxyl groups is 1. The van der Waals surface area contributed by atoms with E-state index in [0.29, 0.717) is 5.69 Å². The topological polar surface area (TPSA) is 84.9 Å². The second kappa shape index (κ2) is 7.50. The van der Waals surface area contributed by atoms with Crippen molar-refractivity contribution in [1.82, 2.24) is 0 Å². The van der Waals surface area contributed by atoms with Gasteiger partial charge < -0.3 is 19.9 Å². The third-order valence-electron chi connectivity index (χ3n) is 3.41. The number of benzene rings is 2. The Morgan fingerprint density at radius 2 is 1.79 bits per heavy atom. The van der Waals surface area contributed by atoms with Crippen LogP contribution in [0, 0.1) is 6.92 Å². The quantitative estimate of drug-likeness (QED) is 0.824. The minimum absolute atomic E-state index is 0.0654. The number of nitrogens with one attached hydrogen (secondary N) is 1. The van der Waals surface area contributed by atoms with E-state index in [4.69, 9.17) is 9.47 Å². The summed E-state index contributed by atoms with van der Waals surface area (Å²) in [6.07, 6.45) is -1.02. The zero-order chi connectivity index (χ0) is 17.7. The molecule has 2 aromatic rings. The maximum atomic E-state index is 12.1. The fourth-order valence-corrected chi connectivity index (χ4v) is 2.01. The summed E-state index contributed by atoms with van der Waals surface area (Å²) in [5.41, 5.74) is 1.61. The first-order valence-corrected chi connectivity index (χ1v) is 7.37. The summed E-state index contributed by atoms with van der Waals surface area (Å²) >= 11 is 0. The number of phenolic OH excluding ortho intramolecular Hbond substituents is 1. The highest BCUT2D eigenvalue weighted by atomic mass is 16.5. The smallest absolute Gasteiger partial charge is 0.342 e. The molecule has 0 unspecified atom stereocenters. The number of esters is 1. The Balaban J connectivity index is 2.03. The molecule has 0 bridgehead atoms. The fourth-order valence-electron chi connectivity index (χ4n) is 2.01. The number of para-hydroxylation sites is 1. The van der Waals surface area contributed by atoms with Gasteiger partial charge >= 0.3 is 5.97 Å². The largest absolute Gasteiger partial charge is 0.504 e. The van der Waals surface area contributed by atoms with Crippen LogP contribution in [0.15, 0.2) is 42.5 Å². The van der Waals surface area contributed by atoms with E-state index >= 15 is 0 Å². The Hall–Kier alpha value is -3.02. The first-order valence-electron chi connectivity index (χ1n) is 7.37. The van der Waals surface area contributed by atoms with Crippen LogP contribution in [0.2, 0.25) is 0 Å². The van der Waals surface area contributed by atoms with Gasteiger partial charge in [0.05, 0.1) is 7.11 Å². The Morgan fingerprint density at radius 3 is 2.42 bits per heavy atom. The van der Waals surface area contributed by atoms with Crippen LogP contribution in [0.1, 0.15) is 22.8 Å². The highest BCUT2D eigenvalue weighted by molar-refractivity contribution is 5.98. The molecule has 0 aliphatic heterocycles. The van der Waals surface area contributed by atoms with Gasteiger partial charge in [0.15, 0.2) is 17.6 Å². The summed E-state index contributed by atoms with van der Waals surface area (Å²) < 4.78 is 10.0. The molecule has 2 rings (SSSR count). The Morgan fingerprint density at radius 1 is 1.12 bits per heavy atom. The van der Waals surface area contributed by atoms with Crippen LogP contribution in [0.5, 0.6) is 11.5 Å². The van der Waals surface area contributed by atoms with E-state index in [1.54, 1.807) is 18.2 Å². The van der Waals surface area contributed by atoms with Gasteiger partial charge in [-0.1, -0.05) is 23.8 Å². The number of amides is 1. The maximum absolute atomic E-state index is 12.1. The molecule has 0 saturated heterocycles. The molecular weight excluding hydrogens is 310 g/mol. The van der Waals surface area contributed by atoms with Crippen LogP contribution in [0.3, 0.4) is 0 Å². The number of anilines is 1. The van der Waals surface area contributed by atoms with E-state index in [9.17, 15) is 14.7 Å². The second-order valence-electron chi connectivity index (χ2n) is 5.26. The molecule has 0 aliphatic rings. The number of carbonyl (C=O) groups excluding carboxylic acids is 2. The maximum Gasteiger partial charge on any atom is 0.342 e. The van der Waals surface area contributed by atoms with Crippen LogP contribution in [-0.4, -0.2) is 30.2 Å². The van der Waals surface area contributed by atoms with Crippen molar-refractivity contribution in [3.05, 3.63) is 53.6 Å². The Labute approximate surface area is 140 Å². The number of carbonyl (C=O) groups is 2. The molecule has 1 amide bonds. The highest BCUT2D eigenvalue weighted by Crippen LogP contribution is 2.30. The lowest BCUT2D eigenvalue weighted by atomic mass is 10.2. The number of phenols is 1. The number of ether oxygens (including phenoxy) is 2. The van der Waals surface area contributed by atoms with Crippen molar-refractivity contribution in [1.29, 1.82) is 0 Å². The van der Waals surface area contributed by atoms with Gasteiger partial charge in [0, 0.05) is 5.69 Å². The summed E-state index contributed by atoms with van der Waals surface area (Å²) in [6.45, 7) is 3.40. The zero-order valence-corrected chi connectivity index (χ0v) is 13.7. The molecular formula is C18H19NO5. The van der Waals surface area contributed by atoms with Crippen molar-refractivity contribution in [2.75, 3.05) is 12.4 Å². The molecule has 24 heavy (non-hydrogen) atoms. The fraction of sp³-hybridized carbons (Fsp3) is 0.222. The second-order valence-corrected chi connectivity index (χ2v) is 5.26. The van der Waals surface area contributed by atoms with Gasteiger partial charge in [-0.3, -0.25) is 4.79 Å². The average molecular weight is 329 g/mol. The van der Waals surface area contributed by atoms with Crippen molar-refractivity contribution in [3.63, 3.8) is 0 Å². The normalized spacial score (nSPS) is 11.5. The molecule has 0 fully saturated rings. The third-order valence-corrected chi connectivity index (χ3v) is 3.41. The van der Waals surface area contributed by atoms with E-state index in [-0.39, 0.29) is 17.1 Å². The molecule has 6 nitrogen and oxygen atoms in total. The number of methoxy groups -OCH3 is 1. The molecule has 1 atom stereocenters. The van der Waals surface area contributed by atoms with Gasteiger partial charge in [0.25, 0.3) is 5.91 Å². The molecule has 126 valence electrons. The molecule has 0 radical (unpaired) electrons. The van der Waals surface area contributed by atoms with Gasteiger partial charge in [-0.25, -0.2) is 4.79 Å². The number of rotatable bonds is 5. The number of aryl methyl sites for hydroxylation is 1. The van der Waals surface area contributed by atoms with Gasteiger partial charge in [-0.15, -0.1) is 0 Å². The zero-order valence-electron chi connectivity index (χ0n) is 13.7. The predicted octanol–water partition coefficient (Wildman–Crippen LogP) is 2.89. The average Bonchev–Trinajstić information content (AvgIpc) is 2.56. The molecule has 0 aromatic heterocycles. The molecule has 0 heterocycles. The van der Waals surface area contributed by atoms with Crippen molar-refractivity contribution in [3.8, 4) is 11.5 Å². The van der Waals surface area contributed by atoms with Crippen molar-refractivity contribution >= 4 is 17.6 Å². The van der Waals surface area contributed by atoms with Crippen molar-refractivity contribution in [2.24, 2.45) is 0 Å². The summed E-state index contributed by atoms with van der Waals surface area (Å²) in [7, 11) is 1.38. The molecule has 2 aromatic carbocycles. The van der Waals surface area contributed by atoms with Gasteiger partial charge in [-0.2, -0.15) is 0 Å². The molecule has 0 saturated carbocycles. The SMILES string of the molecule is COc1cccc(C(=O)O[C@H](C)C(=O)Nc2ccc(C)cc2)c1O. The number of hydrogen-bond acceptors (Lipinski definition) is 5. The van der Waals surface area contributed by atoms with Crippen LogP contribution >= 0.6 is 0 Å². The lowest BCUT2D eigenvalue weighted by Crippen LogP contribution is -2.30. The molecule has 6 heteroatoms. The highest BCUT2D eigenvalue weighted by Gasteiger charge is 2.22. The first-order chi connectivity index (χ1) is 11.4.